The van der Waals surface area contributed by atoms with Crippen LogP contribution in [-0.2, 0) is 4.79 Å². The molecule has 26 heavy (non-hydrogen) atoms. The van der Waals surface area contributed by atoms with Crippen molar-refractivity contribution in [2.24, 2.45) is 0 Å². The minimum Gasteiger partial charge on any atom is -0.343 e. The van der Waals surface area contributed by atoms with E-state index in [1.54, 1.807) is 35.1 Å². The zero-order valence-corrected chi connectivity index (χ0v) is 15.0. The number of hydrogen-bond donors (Lipinski definition) is 2. The molecule has 2 N–H and O–H groups in total. The molecule has 132 valence electrons. The summed E-state index contributed by atoms with van der Waals surface area (Å²) < 4.78 is 15.9. The molecule has 3 rings (SSSR count). The summed E-state index contributed by atoms with van der Waals surface area (Å²) in [6, 6.07) is 12.9. The van der Waals surface area contributed by atoms with Crippen molar-refractivity contribution in [3.8, 4) is 5.69 Å². The standard InChI is InChI=1S/C18H14BrFN4O2/c19-12-2-7-16(20)15(10-12)18(26)21-11-17(25)23-13-3-5-14(6-4-13)24-9-1-8-22-24/h1-10H,11H2,(H,21,26)(H,23,25). The molecule has 0 unspecified atom stereocenters. The van der Waals surface area contributed by atoms with Gasteiger partial charge in [0.1, 0.15) is 5.82 Å². The van der Waals surface area contributed by atoms with E-state index >= 15 is 0 Å². The Bertz CT molecular complexity index is 927. The van der Waals surface area contributed by atoms with Gasteiger partial charge < -0.3 is 10.6 Å². The van der Waals surface area contributed by atoms with E-state index in [2.05, 4.69) is 31.7 Å². The number of carbonyl (C=O) groups excluding carboxylic acids is 2. The molecule has 2 aromatic carbocycles. The Morgan fingerprint density at radius 1 is 1.15 bits per heavy atom. The fraction of sp³-hybridized carbons (Fsp3) is 0.0556. The Balaban J connectivity index is 1.55. The number of amides is 2. The molecule has 0 radical (unpaired) electrons. The van der Waals surface area contributed by atoms with Crippen LogP contribution in [-0.4, -0.2) is 28.1 Å². The van der Waals surface area contributed by atoms with Crippen LogP contribution in [0.4, 0.5) is 10.1 Å². The molecule has 2 amide bonds. The van der Waals surface area contributed by atoms with Crippen molar-refractivity contribution in [2.75, 3.05) is 11.9 Å². The maximum absolute atomic E-state index is 13.7. The van der Waals surface area contributed by atoms with Crippen molar-refractivity contribution in [3.63, 3.8) is 0 Å². The van der Waals surface area contributed by atoms with Gasteiger partial charge in [-0.05, 0) is 48.5 Å². The number of nitrogens with one attached hydrogen (secondary N) is 2. The number of aromatic nitrogens is 2. The number of halogens is 2. The topological polar surface area (TPSA) is 76.0 Å². The van der Waals surface area contributed by atoms with Crippen molar-refractivity contribution in [2.45, 2.75) is 0 Å². The monoisotopic (exact) mass is 416 g/mol. The quantitative estimate of drug-likeness (QED) is 0.670. The summed E-state index contributed by atoms with van der Waals surface area (Å²) in [5, 5.41) is 9.17. The third kappa shape index (κ3) is 4.34. The fourth-order valence-corrected chi connectivity index (χ4v) is 2.61. The number of carbonyl (C=O) groups is 2. The molecule has 0 saturated carbocycles. The summed E-state index contributed by atoms with van der Waals surface area (Å²) in [6.45, 7) is -0.272. The summed E-state index contributed by atoms with van der Waals surface area (Å²) in [5.74, 6) is -1.73. The van der Waals surface area contributed by atoms with Crippen LogP contribution in [0, 0.1) is 5.82 Å². The molecule has 0 spiro atoms. The molecule has 1 heterocycles. The number of benzene rings is 2. The van der Waals surface area contributed by atoms with Gasteiger partial charge in [0.25, 0.3) is 5.91 Å². The Hall–Kier alpha value is -3.00. The molecule has 0 fully saturated rings. The van der Waals surface area contributed by atoms with E-state index in [9.17, 15) is 14.0 Å². The van der Waals surface area contributed by atoms with Crippen LogP contribution in [0.1, 0.15) is 10.4 Å². The lowest BCUT2D eigenvalue weighted by atomic mass is 10.2. The summed E-state index contributed by atoms with van der Waals surface area (Å²) in [4.78, 5) is 24.0. The van der Waals surface area contributed by atoms with Crippen molar-refractivity contribution >= 4 is 33.4 Å². The largest absolute Gasteiger partial charge is 0.343 e. The number of rotatable bonds is 5. The summed E-state index contributed by atoms with van der Waals surface area (Å²) in [5.41, 5.74) is 1.30. The van der Waals surface area contributed by atoms with E-state index in [0.29, 0.717) is 10.2 Å². The van der Waals surface area contributed by atoms with E-state index in [1.807, 2.05) is 12.3 Å². The van der Waals surface area contributed by atoms with Crippen LogP contribution in [0.3, 0.4) is 0 Å². The lowest BCUT2D eigenvalue weighted by molar-refractivity contribution is -0.115. The maximum atomic E-state index is 13.7. The van der Waals surface area contributed by atoms with E-state index < -0.39 is 17.6 Å². The molecule has 0 aliphatic carbocycles. The first-order valence-electron chi connectivity index (χ1n) is 7.66. The van der Waals surface area contributed by atoms with Gasteiger partial charge in [-0.2, -0.15) is 5.10 Å². The first-order valence-corrected chi connectivity index (χ1v) is 8.45. The van der Waals surface area contributed by atoms with Gasteiger partial charge in [-0.1, -0.05) is 15.9 Å². The molecule has 6 nitrogen and oxygen atoms in total. The van der Waals surface area contributed by atoms with Crippen molar-refractivity contribution in [1.82, 2.24) is 15.1 Å². The van der Waals surface area contributed by atoms with Crippen molar-refractivity contribution in [1.29, 1.82) is 0 Å². The molecule has 0 bridgehead atoms. The second-order valence-electron chi connectivity index (χ2n) is 5.35. The third-order valence-corrected chi connectivity index (χ3v) is 4.00. The Morgan fingerprint density at radius 3 is 2.62 bits per heavy atom. The molecule has 3 aromatic rings. The van der Waals surface area contributed by atoms with Gasteiger partial charge in [0, 0.05) is 22.6 Å². The van der Waals surface area contributed by atoms with Crippen molar-refractivity contribution < 1.29 is 14.0 Å². The van der Waals surface area contributed by atoms with Gasteiger partial charge >= 0.3 is 0 Å². The minimum absolute atomic E-state index is 0.129. The highest BCUT2D eigenvalue weighted by atomic mass is 79.9. The van der Waals surface area contributed by atoms with Crippen molar-refractivity contribution in [3.05, 3.63) is 76.8 Å². The number of anilines is 1. The van der Waals surface area contributed by atoms with Gasteiger partial charge in [-0.25, -0.2) is 9.07 Å². The van der Waals surface area contributed by atoms with Gasteiger partial charge in [0.2, 0.25) is 5.91 Å². The van der Waals surface area contributed by atoms with Crippen LogP contribution in [0.2, 0.25) is 0 Å². The van der Waals surface area contributed by atoms with E-state index in [4.69, 9.17) is 0 Å². The highest BCUT2D eigenvalue weighted by molar-refractivity contribution is 9.10. The molecule has 8 heteroatoms. The van der Waals surface area contributed by atoms with Crippen LogP contribution in [0.25, 0.3) is 5.69 Å². The Kier molecular flexibility index (Phi) is 5.43. The summed E-state index contributed by atoms with van der Waals surface area (Å²) >= 11 is 3.18. The normalized spacial score (nSPS) is 10.4. The minimum atomic E-state index is -0.659. The molecule has 1 aromatic heterocycles. The van der Waals surface area contributed by atoms with Gasteiger partial charge in [0.15, 0.2) is 0 Å². The Morgan fingerprint density at radius 2 is 1.92 bits per heavy atom. The van der Waals surface area contributed by atoms with E-state index in [1.165, 1.54) is 18.2 Å². The third-order valence-electron chi connectivity index (χ3n) is 3.50. The Labute approximate surface area is 157 Å². The fourth-order valence-electron chi connectivity index (χ4n) is 2.25. The highest BCUT2D eigenvalue weighted by Gasteiger charge is 2.13. The zero-order valence-electron chi connectivity index (χ0n) is 13.4. The van der Waals surface area contributed by atoms with E-state index in [0.717, 1.165) is 5.69 Å². The average Bonchev–Trinajstić information content (AvgIpc) is 3.17. The number of hydrogen-bond acceptors (Lipinski definition) is 3. The van der Waals surface area contributed by atoms with Crippen LogP contribution in [0.5, 0.6) is 0 Å². The zero-order chi connectivity index (χ0) is 18.5. The van der Waals surface area contributed by atoms with Crippen LogP contribution in [0.15, 0.2) is 65.4 Å². The molecule has 0 saturated heterocycles. The maximum Gasteiger partial charge on any atom is 0.254 e. The summed E-state index contributed by atoms with van der Waals surface area (Å²) in [7, 11) is 0. The van der Waals surface area contributed by atoms with Gasteiger partial charge in [-0.3, -0.25) is 9.59 Å². The highest BCUT2D eigenvalue weighted by Crippen LogP contribution is 2.15. The average molecular weight is 417 g/mol. The van der Waals surface area contributed by atoms with E-state index in [-0.39, 0.29) is 12.1 Å². The number of nitrogens with zero attached hydrogens (tertiary/aromatic N) is 2. The van der Waals surface area contributed by atoms with Crippen LogP contribution >= 0.6 is 15.9 Å². The SMILES string of the molecule is O=C(CNC(=O)c1cc(Br)ccc1F)Nc1ccc(-n2cccn2)cc1. The summed E-state index contributed by atoms with van der Waals surface area (Å²) in [6.07, 6.45) is 3.48. The molecular formula is C18H14BrFN4O2. The first kappa shape index (κ1) is 17.8. The predicted molar refractivity (Wildman–Crippen MR) is 98.6 cm³/mol. The second kappa shape index (κ2) is 7.92. The van der Waals surface area contributed by atoms with Gasteiger partial charge in [-0.15, -0.1) is 0 Å². The molecule has 0 aliphatic heterocycles. The lowest BCUT2D eigenvalue weighted by Crippen LogP contribution is -2.33. The second-order valence-corrected chi connectivity index (χ2v) is 6.27. The first-order chi connectivity index (χ1) is 12.5. The van der Waals surface area contributed by atoms with Gasteiger partial charge in [0.05, 0.1) is 17.8 Å². The smallest absolute Gasteiger partial charge is 0.254 e. The van der Waals surface area contributed by atoms with Crippen LogP contribution < -0.4 is 10.6 Å². The predicted octanol–water partition coefficient (Wildman–Crippen LogP) is 3.14. The molecule has 0 aliphatic rings. The lowest BCUT2D eigenvalue weighted by Gasteiger charge is -2.09. The molecule has 0 atom stereocenters. The molecular weight excluding hydrogens is 403 g/mol.